The molecule has 1 heterocycles. The van der Waals surface area contributed by atoms with Crippen molar-refractivity contribution < 1.29 is 8.63 Å². The Hall–Kier alpha value is 0.225. The molecule has 12 heavy (non-hydrogen) atoms. The molecular formula is C3H9B3ClF2N3. The van der Waals surface area contributed by atoms with Gasteiger partial charge in [0.05, 0.1) is 0 Å². The lowest BCUT2D eigenvalue weighted by molar-refractivity contribution is 0.443. The Morgan fingerprint density at radius 1 is 0.917 bits per heavy atom. The Morgan fingerprint density at radius 2 is 1.25 bits per heavy atom. The molecule has 0 unspecified atom stereocenters. The van der Waals surface area contributed by atoms with Crippen LogP contribution in [0.1, 0.15) is 0 Å². The molecule has 0 radical (unpaired) electrons. The summed E-state index contributed by atoms with van der Waals surface area (Å²) in [5.41, 5.74) is 0. The van der Waals surface area contributed by atoms with E-state index in [1.165, 1.54) is 30.6 Å². The summed E-state index contributed by atoms with van der Waals surface area (Å²) in [6.07, 6.45) is -0.744. The summed E-state index contributed by atoms with van der Waals surface area (Å²) in [6.45, 7) is 0. The van der Waals surface area contributed by atoms with E-state index in [1.54, 1.807) is 0 Å². The SMILES string of the molecule is CN1B(F)N(C)B(Cl)N(C)B1F. The molecule has 1 rings (SSSR count). The first-order valence-electron chi connectivity index (χ1n) is 3.55. The molecule has 1 fully saturated rings. The predicted molar refractivity (Wildman–Crippen MR) is 48.6 cm³/mol. The van der Waals surface area contributed by atoms with Crippen LogP contribution in [0.5, 0.6) is 0 Å². The minimum Gasteiger partial charge on any atom is -0.315 e. The van der Waals surface area contributed by atoms with Gasteiger partial charge in [-0.3, -0.25) is 13.4 Å². The first kappa shape index (κ1) is 10.3. The standard InChI is InChI=1S/C3H9B3ClF2N3/c1-10-4(7)11(2)6(9)12(3)5(10)8/h1-3H3. The van der Waals surface area contributed by atoms with Gasteiger partial charge in [0.15, 0.2) is 0 Å². The summed E-state index contributed by atoms with van der Waals surface area (Å²) in [5, 5.41) is 0. The molecule has 0 aliphatic carbocycles. The normalized spacial score (nSPS) is 24.0. The van der Waals surface area contributed by atoms with E-state index in [-0.39, 0.29) is 0 Å². The van der Waals surface area contributed by atoms with Crippen LogP contribution in [-0.4, -0.2) is 56.2 Å². The van der Waals surface area contributed by atoms with E-state index in [0.717, 1.165) is 4.72 Å². The summed E-state index contributed by atoms with van der Waals surface area (Å²) in [7, 11) is 1.42. The second kappa shape index (κ2) is 3.53. The van der Waals surface area contributed by atoms with E-state index in [9.17, 15) is 8.63 Å². The number of hydrogen-bond acceptors (Lipinski definition) is 3. The van der Waals surface area contributed by atoms with Crippen LogP contribution in [0.25, 0.3) is 0 Å². The molecule has 0 bridgehead atoms. The molecule has 0 spiro atoms. The monoisotopic (exact) mass is 193 g/mol. The largest absolute Gasteiger partial charge is 0.503 e. The van der Waals surface area contributed by atoms with Crippen molar-refractivity contribution in [1.82, 2.24) is 14.2 Å². The van der Waals surface area contributed by atoms with Crippen molar-refractivity contribution >= 4 is 32.4 Å². The van der Waals surface area contributed by atoms with Gasteiger partial charge in [0.1, 0.15) is 0 Å². The second-order valence-corrected chi connectivity index (χ2v) is 3.32. The van der Waals surface area contributed by atoms with Crippen LogP contribution in [0.2, 0.25) is 0 Å². The van der Waals surface area contributed by atoms with Crippen LogP contribution in [0.4, 0.5) is 8.63 Å². The van der Waals surface area contributed by atoms with Crippen molar-refractivity contribution in [2.75, 3.05) is 21.1 Å². The lowest BCUT2D eigenvalue weighted by Gasteiger charge is -2.40. The lowest BCUT2D eigenvalue weighted by atomic mass is 9.70. The average molecular weight is 193 g/mol. The Labute approximate surface area is 77.0 Å². The molecule has 66 valence electrons. The quantitative estimate of drug-likeness (QED) is 0.498. The molecule has 1 aliphatic heterocycles. The molecule has 0 aromatic heterocycles. The predicted octanol–water partition coefficient (Wildman–Crippen LogP) is -0.0721. The van der Waals surface area contributed by atoms with Crippen molar-refractivity contribution in [3.8, 4) is 0 Å². The second-order valence-electron chi connectivity index (χ2n) is 2.93. The Balaban J connectivity index is 2.76. The van der Waals surface area contributed by atoms with Gasteiger partial charge in [-0.1, -0.05) is 0 Å². The van der Waals surface area contributed by atoms with Crippen molar-refractivity contribution in [1.29, 1.82) is 0 Å². The van der Waals surface area contributed by atoms with Gasteiger partial charge in [0, 0.05) is 0 Å². The van der Waals surface area contributed by atoms with Crippen LogP contribution < -0.4 is 0 Å². The Kier molecular flexibility index (Phi) is 3.03. The Morgan fingerprint density at radius 3 is 1.58 bits per heavy atom. The van der Waals surface area contributed by atoms with E-state index in [1.807, 2.05) is 0 Å². The molecule has 0 amide bonds. The highest BCUT2D eigenvalue weighted by Crippen LogP contribution is 2.17. The summed E-state index contributed by atoms with van der Waals surface area (Å²) in [6, 6.07) is 0. The van der Waals surface area contributed by atoms with E-state index >= 15 is 0 Å². The van der Waals surface area contributed by atoms with Gasteiger partial charge in [-0.15, -0.1) is 0 Å². The van der Waals surface area contributed by atoms with Crippen LogP contribution in [0.15, 0.2) is 0 Å². The summed E-state index contributed by atoms with van der Waals surface area (Å²) in [5.74, 6) is 0. The summed E-state index contributed by atoms with van der Waals surface area (Å²) >= 11 is 5.72. The van der Waals surface area contributed by atoms with E-state index in [4.69, 9.17) is 11.5 Å². The zero-order valence-electron chi connectivity index (χ0n) is 7.21. The lowest BCUT2D eigenvalue weighted by Crippen LogP contribution is -2.70. The van der Waals surface area contributed by atoms with Gasteiger partial charge in [0.2, 0.25) is 0 Å². The Bertz CT molecular complexity index is 118. The van der Waals surface area contributed by atoms with E-state index in [2.05, 4.69) is 0 Å². The number of halogens is 3. The summed E-state index contributed by atoms with van der Waals surface area (Å²) < 4.78 is 29.7. The third-order valence-corrected chi connectivity index (χ3v) is 2.63. The molecule has 0 atom stereocenters. The van der Waals surface area contributed by atoms with Crippen LogP contribution in [0.3, 0.4) is 0 Å². The van der Waals surface area contributed by atoms with E-state index in [0.29, 0.717) is 0 Å². The average Bonchev–Trinajstić information content (AvgIpc) is 2.08. The topological polar surface area (TPSA) is 9.72 Å². The first-order valence-corrected chi connectivity index (χ1v) is 3.98. The molecule has 9 heteroatoms. The van der Waals surface area contributed by atoms with Gasteiger partial charge in [0.25, 0.3) is 0 Å². The van der Waals surface area contributed by atoms with Gasteiger partial charge in [-0.2, -0.15) is 11.5 Å². The molecule has 1 aliphatic rings. The molecule has 3 nitrogen and oxygen atoms in total. The fourth-order valence-corrected chi connectivity index (χ4v) is 1.35. The van der Waals surface area contributed by atoms with Gasteiger partial charge in [-0.25, -0.2) is 0 Å². The van der Waals surface area contributed by atoms with Crippen molar-refractivity contribution in [2.24, 2.45) is 0 Å². The first-order chi connectivity index (χ1) is 5.46. The molecular weight excluding hydrogens is 184 g/mol. The minimum absolute atomic E-state index is 0.744. The number of hydrogen-bond donors (Lipinski definition) is 0. The molecule has 0 aromatic carbocycles. The van der Waals surface area contributed by atoms with E-state index < -0.39 is 20.9 Å². The van der Waals surface area contributed by atoms with Crippen molar-refractivity contribution in [3.63, 3.8) is 0 Å². The maximum absolute atomic E-state index is 13.1. The molecule has 0 N–H and O–H groups in total. The van der Waals surface area contributed by atoms with Crippen molar-refractivity contribution in [2.45, 2.75) is 0 Å². The third kappa shape index (κ3) is 1.48. The van der Waals surface area contributed by atoms with Gasteiger partial charge in [-0.05, 0) is 21.1 Å². The zero-order valence-corrected chi connectivity index (χ0v) is 7.96. The third-order valence-electron chi connectivity index (χ3n) is 2.02. The molecule has 0 saturated carbocycles. The highest BCUT2D eigenvalue weighted by molar-refractivity contribution is 7.10. The molecule has 1 saturated heterocycles. The van der Waals surface area contributed by atoms with Gasteiger partial charge < -0.3 is 9.44 Å². The molecule has 0 aromatic rings. The maximum atomic E-state index is 13.1. The fourth-order valence-electron chi connectivity index (χ4n) is 1.17. The fraction of sp³-hybridized carbons (Fsp3) is 1.00. The van der Waals surface area contributed by atoms with Crippen LogP contribution >= 0.6 is 11.5 Å². The van der Waals surface area contributed by atoms with Crippen LogP contribution in [-0.2, 0) is 0 Å². The number of rotatable bonds is 0. The smallest absolute Gasteiger partial charge is 0.315 e. The zero-order chi connectivity index (χ0) is 9.46. The van der Waals surface area contributed by atoms with Gasteiger partial charge >= 0.3 is 20.9 Å². The summed E-state index contributed by atoms with van der Waals surface area (Å²) in [4.78, 5) is 0. The highest BCUT2D eigenvalue weighted by atomic mass is 35.5. The minimum atomic E-state index is -1.47. The van der Waals surface area contributed by atoms with Crippen molar-refractivity contribution in [3.05, 3.63) is 0 Å². The number of nitrogens with zero attached hydrogens (tertiary/aromatic N) is 3. The maximum Gasteiger partial charge on any atom is 0.503 e. The van der Waals surface area contributed by atoms with Crippen LogP contribution in [0, 0.1) is 0 Å². The highest BCUT2D eigenvalue weighted by Gasteiger charge is 2.50.